The van der Waals surface area contributed by atoms with Gasteiger partial charge < -0.3 is 15.0 Å². The van der Waals surface area contributed by atoms with Crippen molar-refractivity contribution >= 4 is 29.9 Å². The SMILES string of the molecule is C=CCCCN(C)C(=NC)NCCOCc1ccccc1.I. The smallest absolute Gasteiger partial charge is 0.193 e. The maximum Gasteiger partial charge on any atom is 0.193 e. The number of nitrogens with one attached hydrogen (secondary N) is 1. The van der Waals surface area contributed by atoms with E-state index >= 15 is 0 Å². The van der Waals surface area contributed by atoms with Crippen LogP contribution >= 0.6 is 24.0 Å². The lowest BCUT2D eigenvalue weighted by molar-refractivity contribution is 0.125. The molecule has 1 aromatic carbocycles. The van der Waals surface area contributed by atoms with Gasteiger partial charge in [-0.3, -0.25) is 4.99 Å². The molecular weight excluding hydrogens is 389 g/mol. The van der Waals surface area contributed by atoms with Crippen molar-refractivity contribution in [3.8, 4) is 0 Å². The number of hydrogen-bond donors (Lipinski definition) is 1. The van der Waals surface area contributed by atoms with Gasteiger partial charge in [0.15, 0.2) is 5.96 Å². The molecule has 4 nitrogen and oxygen atoms in total. The Kier molecular flexibility index (Phi) is 12.9. The summed E-state index contributed by atoms with van der Waals surface area (Å²) < 4.78 is 5.64. The second-order valence-electron chi connectivity index (χ2n) is 4.86. The summed E-state index contributed by atoms with van der Waals surface area (Å²) in [4.78, 5) is 6.40. The van der Waals surface area contributed by atoms with Crippen molar-refractivity contribution in [2.45, 2.75) is 19.4 Å². The molecule has 0 aliphatic carbocycles. The highest BCUT2D eigenvalue weighted by Crippen LogP contribution is 1.99. The summed E-state index contributed by atoms with van der Waals surface area (Å²) in [5.41, 5.74) is 1.20. The topological polar surface area (TPSA) is 36.9 Å². The molecule has 1 N–H and O–H groups in total. The molecule has 1 aromatic rings. The van der Waals surface area contributed by atoms with Crippen LogP contribution < -0.4 is 5.32 Å². The van der Waals surface area contributed by atoms with E-state index in [0.717, 1.165) is 31.9 Å². The first-order valence-electron chi connectivity index (χ1n) is 7.42. The fraction of sp³-hybridized carbons (Fsp3) is 0.471. The third-order valence-electron chi connectivity index (χ3n) is 3.12. The van der Waals surface area contributed by atoms with E-state index in [4.69, 9.17) is 4.74 Å². The van der Waals surface area contributed by atoms with Crippen LogP contribution in [0.2, 0.25) is 0 Å². The van der Waals surface area contributed by atoms with Gasteiger partial charge in [0.05, 0.1) is 13.2 Å². The van der Waals surface area contributed by atoms with Crippen LogP contribution in [-0.4, -0.2) is 44.7 Å². The molecule has 0 heterocycles. The Balaban J connectivity index is 0.00000441. The number of nitrogens with zero attached hydrogens (tertiary/aromatic N) is 2. The molecule has 0 bridgehead atoms. The van der Waals surface area contributed by atoms with E-state index in [2.05, 4.69) is 33.9 Å². The van der Waals surface area contributed by atoms with Crippen molar-refractivity contribution in [2.24, 2.45) is 4.99 Å². The van der Waals surface area contributed by atoms with E-state index in [1.54, 1.807) is 7.05 Å². The lowest BCUT2D eigenvalue weighted by Gasteiger charge is -2.21. The second kappa shape index (κ2) is 13.6. The number of halogens is 1. The van der Waals surface area contributed by atoms with Crippen LogP contribution in [0.25, 0.3) is 0 Å². The van der Waals surface area contributed by atoms with Crippen molar-refractivity contribution in [3.63, 3.8) is 0 Å². The monoisotopic (exact) mass is 417 g/mol. The highest BCUT2D eigenvalue weighted by molar-refractivity contribution is 14.0. The molecule has 0 radical (unpaired) electrons. The molecule has 0 saturated carbocycles. The summed E-state index contributed by atoms with van der Waals surface area (Å²) >= 11 is 0. The van der Waals surface area contributed by atoms with E-state index in [1.165, 1.54) is 5.56 Å². The summed E-state index contributed by atoms with van der Waals surface area (Å²) in [5.74, 6) is 0.905. The Labute approximate surface area is 151 Å². The number of ether oxygens (including phenoxy) is 1. The minimum absolute atomic E-state index is 0. The largest absolute Gasteiger partial charge is 0.375 e. The standard InChI is InChI=1S/C17H27N3O.HI/c1-4-5-9-13-20(3)17(18-2)19-12-14-21-15-16-10-7-6-8-11-16;/h4,6-8,10-11H,1,5,9,12-15H2,2-3H3,(H,18,19);1H. The third kappa shape index (κ3) is 9.04. The van der Waals surface area contributed by atoms with Crippen molar-refractivity contribution in [1.29, 1.82) is 0 Å². The van der Waals surface area contributed by atoms with Gasteiger partial charge in [-0.05, 0) is 18.4 Å². The van der Waals surface area contributed by atoms with Crippen molar-refractivity contribution in [1.82, 2.24) is 10.2 Å². The molecule has 1 rings (SSSR count). The van der Waals surface area contributed by atoms with Gasteiger partial charge >= 0.3 is 0 Å². The zero-order valence-corrected chi connectivity index (χ0v) is 16.0. The average molecular weight is 417 g/mol. The van der Waals surface area contributed by atoms with Crippen molar-refractivity contribution in [2.75, 3.05) is 33.8 Å². The van der Waals surface area contributed by atoms with E-state index in [9.17, 15) is 0 Å². The number of unbranched alkanes of at least 4 members (excludes halogenated alkanes) is 1. The molecule has 124 valence electrons. The van der Waals surface area contributed by atoms with Gasteiger partial charge in [-0.2, -0.15) is 0 Å². The Morgan fingerprint density at radius 3 is 2.73 bits per heavy atom. The number of hydrogen-bond acceptors (Lipinski definition) is 2. The van der Waals surface area contributed by atoms with E-state index in [-0.39, 0.29) is 24.0 Å². The summed E-state index contributed by atoms with van der Waals surface area (Å²) in [7, 11) is 3.85. The first-order valence-corrected chi connectivity index (χ1v) is 7.42. The molecule has 0 saturated heterocycles. The summed E-state index contributed by atoms with van der Waals surface area (Å²) in [6.07, 6.45) is 4.06. The number of aliphatic imine (C=N–C) groups is 1. The van der Waals surface area contributed by atoms with Gasteiger partial charge in [0.2, 0.25) is 0 Å². The molecule has 5 heteroatoms. The molecule has 0 aliphatic rings. The van der Waals surface area contributed by atoms with Crippen LogP contribution in [0.3, 0.4) is 0 Å². The lowest BCUT2D eigenvalue weighted by Crippen LogP contribution is -2.40. The van der Waals surface area contributed by atoms with Crippen LogP contribution in [0, 0.1) is 0 Å². The quantitative estimate of drug-likeness (QED) is 0.220. The van der Waals surface area contributed by atoms with Gasteiger partial charge in [-0.15, -0.1) is 30.6 Å². The van der Waals surface area contributed by atoms with E-state index in [1.807, 2.05) is 31.3 Å². The molecule has 0 atom stereocenters. The van der Waals surface area contributed by atoms with E-state index < -0.39 is 0 Å². The molecule has 0 aromatic heterocycles. The van der Waals surface area contributed by atoms with Gasteiger partial charge in [-0.1, -0.05) is 36.4 Å². The second-order valence-corrected chi connectivity index (χ2v) is 4.86. The maximum atomic E-state index is 5.64. The fourth-order valence-corrected chi connectivity index (χ4v) is 1.96. The predicted molar refractivity (Wildman–Crippen MR) is 105 cm³/mol. The highest BCUT2D eigenvalue weighted by Gasteiger charge is 2.04. The minimum Gasteiger partial charge on any atom is -0.375 e. The normalized spacial score (nSPS) is 10.7. The van der Waals surface area contributed by atoms with Crippen molar-refractivity contribution in [3.05, 3.63) is 48.6 Å². The van der Waals surface area contributed by atoms with Gasteiger partial charge in [0, 0.05) is 27.2 Å². The van der Waals surface area contributed by atoms with Gasteiger partial charge in [0.1, 0.15) is 0 Å². The zero-order chi connectivity index (χ0) is 15.3. The lowest BCUT2D eigenvalue weighted by atomic mass is 10.2. The molecule has 0 spiro atoms. The molecule has 0 fully saturated rings. The van der Waals surface area contributed by atoms with Crippen molar-refractivity contribution < 1.29 is 4.74 Å². The van der Waals surface area contributed by atoms with Gasteiger partial charge in [0.25, 0.3) is 0 Å². The van der Waals surface area contributed by atoms with Crippen LogP contribution in [0.5, 0.6) is 0 Å². The minimum atomic E-state index is 0. The number of guanidine groups is 1. The van der Waals surface area contributed by atoms with Crippen LogP contribution in [0.15, 0.2) is 48.0 Å². The predicted octanol–water partition coefficient (Wildman–Crippen LogP) is 3.29. The maximum absolute atomic E-state index is 5.64. The zero-order valence-electron chi connectivity index (χ0n) is 13.6. The summed E-state index contributed by atoms with van der Waals surface area (Å²) in [6, 6.07) is 10.2. The number of rotatable bonds is 9. The first-order chi connectivity index (χ1) is 10.3. The van der Waals surface area contributed by atoms with Crippen LogP contribution in [0.1, 0.15) is 18.4 Å². The molecule has 0 aliphatic heterocycles. The Bertz CT molecular complexity index is 423. The Morgan fingerprint density at radius 2 is 2.09 bits per heavy atom. The van der Waals surface area contributed by atoms with Crippen LogP contribution in [-0.2, 0) is 11.3 Å². The number of allylic oxidation sites excluding steroid dienone is 1. The summed E-state index contributed by atoms with van der Waals surface area (Å²) in [6.45, 7) is 6.77. The number of benzene rings is 1. The Morgan fingerprint density at radius 1 is 1.36 bits per heavy atom. The summed E-state index contributed by atoms with van der Waals surface area (Å²) in [5, 5.41) is 3.31. The van der Waals surface area contributed by atoms with Gasteiger partial charge in [-0.25, -0.2) is 0 Å². The Hall–Kier alpha value is -1.08. The first kappa shape index (κ1) is 20.9. The molecular formula is C17H28IN3O. The molecule has 0 unspecified atom stereocenters. The highest BCUT2D eigenvalue weighted by atomic mass is 127. The van der Waals surface area contributed by atoms with Crippen LogP contribution in [0.4, 0.5) is 0 Å². The third-order valence-corrected chi connectivity index (χ3v) is 3.12. The fourth-order valence-electron chi connectivity index (χ4n) is 1.96. The van der Waals surface area contributed by atoms with E-state index in [0.29, 0.717) is 13.2 Å². The molecule has 0 amide bonds. The molecule has 22 heavy (non-hydrogen) atoms. The average Bonchev–Trinajstić information content (AvgIpc) is 2.52.